The minimum Gasteiger partial charge on any atom is -0.494 e. The van der Waals surface area contributed by atoms with Crippen molar-refractivity contribution in [2.24, 2.45) is 0 Å². The second-order valence-corrected chi connectivity index (χ2v) is 7.02. The maximum absolute atomic E-state index is 5.85. The zero-order valence-corrected chi connectivity index (χ0v) is 17.5. The molecular formula is C24H36N2O2. The Bertz CT molecular complexity index is 661. The first-order valence-electron chi connectivity index (χ1n) is 10.7. The summed E-state index contributed by atoms with van der Waals surface area (Å²) in [6.07, 6.45) is 7.13. The molecule has 0 aliphatic heterocycles. The van der Waals surface area contributed by atoms with Crippen molar-refractivity contribution in [2.75, 3.05) is 36.9 Å². The molecule has 0 spiro atoms. The van der Waals surface area contributed by atoms with Crippen molar-refractivity contribution in [2.45, 2.75) is 52.4 Å². The van der Waals surface area contributed by atoms with E-state index in [4.69, 9.17) is 9.47 Å². The average Bonchev–Trinajstić information content (AvgIpc) is 2.72. The van der Waals surface area contributed by atoms with Gasteiger partial charge in [0.2, 0.25) is 0 Å². The van der Waals surface area contributed by atoms with Crippen molar-refractivity contribution in [3.63, 3.8) is 0 Å². The molecule has 4 nitrogen and oxygen atoms in total. The lowest BCUT2D eigenvalue weighted by Crippen LogP contribution is -2.13. The summed E-state index contributed by atoms with van der Waals surface area (Å²) in [4.78, 5) is 0. The van der Waals surface area contributed by atoms with Gasteiger partial charge in [0.05, 0.1) is 13.2 Å². The van der Waals surface area contributed by atoms with Gasteiger partial charge in [-0.1, -0.05) is 51.7 Å². The van der Waals surface area contributed by atoms with Gasteiger partial charge in [-0.15, -0.1) is 0 Å². The largest absolute Gasteiger partial charge is 0.494 e. The number of hydrogen-bond donors (Lipinski definition) is 2. The molecule has 0 heterocycles. The van der Waals surface area contributed by atoms with Crippen LogP contribution in [0.1, 0.15) is 52.4 Å². The Morgan fingerprint density at radius 1 is 0.643 bits per heavy atom. The molecule has 2 aromatic rings. The van der Waals surface area contributed by atoms with Crippen LogP contribution in [-0.4, -0.2) is 26.3 Å². The summed E-state index contributed by atoms with van der Waals surface area (Å²) in [5.41, 5.74) is 2.17. The molecule has 0 unspecified atom stereocenters. The number of hydrogen-bond acceptors (Lipinski definition) is 4. The fourth-order valence-corrected chi connectivity index (χ4v) is 2.86. The van der Waals surface area contributed by atoms with Gasteiger partial charge in [0.25, 0.3) is 0 Å². The molecule has 0 aliphatic rings. The van der Waals surface area contributed by atoms with Gasteiger partial charge in [0, 0.05) is 36.6 Å². The molecular weight excluding hydrogens is 348 g/mol. The van der Waals surface area contributed by atoms with E-state index in [0.717, 1.165) is 68.4 Å². The molecule has 0 fully saturated rings. The Morgan fingerprint density at radius 2 is 1.18 bits per heavy atom. The molecule has 4 heteroatoms. The molecule has 0 saturated heterocycles. The third-order valence-electron chi connectivity index (χ3n) is 4.48. The number of unbranched alkanes of at least 4 members (excludes halogenated alkanes) is 4. The van der Waals surface area contributed by atoms with Crippen molar-refractivity contribution in [3.05, 3.63) is 48.5 Å². The average molecular weight is 385 g/mol. The summed E-state index contributed by atoms with van der Waals surface area (Å²) in [6, 6.07) is 16.4. The maximum Gasteiger partial charge on any atom is 0.121 e. The van der Waals surface area contributed by atoms with Gasteiger partial charge in [0.15, 0.2) is 0 Å². The summed E-state index contributed by atoms with van der Waals surface area (Å²) in [6.45, 7) is 7.63. The molecule has 0 amide bonds. The standard InChI is InChI=1S/C24H36N2O2/c1-3-5-7-8-18-28-24-14-10-12-22(20-24)26-16-15-25-21-11-9-13-23(19-21)27-17-6-4-2/h9-14,19-20,25-26H,3-8,15-18H2,1-2H3. The topological polar surface area (TPSA) is 42.5 Å². The van der Waals surface area contributed by atoms with Crippen LogP contribution in [0.4, 0.5) is 11.4 Å². The van der Waals surface area contributed by atoms with Gasteiger partial charge >= 0.3 is 0 Å². The number of benzene rings is 2. The summed E-state index contributed by atoms with van der Waals surface area (Å²) < 4.78 is 11.6. The lowest BCUT2D eigenvalue weighted by molar-refractivity contribution is 0.305. The van der Waals surface area contributed by atoms with E-state index < -0.39 is 0 Å². The van der Waals surface area contributed by atoms with Crippen LogP contribution in [0, 0.1) is 0 Å². The molecule has 28 heavy (non-hydrogen) atoms. The summed E-state index contributed by atoms with van der Waals surface area (Å²) in [7, 11) is 0. The van der Waals surface area contributed by atoms with E-state index in [9.17, 15) is 0 Å². The summed E-state index contributed by atoms with van der Waals surface area (Å²) in [5, 5.41) is 6.89. The molecule has 0 saturated carbocycles. The van der Waals surface area contributed by atoms with E-state index in [-0.39, 0.29) is 0 Å². The van der Waals surface area contributed by atoms with Gasteiger partial charge < -0.3 is 20.1 Å². The van der Waals surface area contributed by atoms with E-state index in [1.165, 1.54) is 19.3 Å². The van der Waals surface area contributed by atoms with E-state index in [2.05, 4.69) is 48.7 Å². The second-order valence-electron chi connectivity index (χ2n) is 7.02. The third kappa shape index (κ3) is 9.03. The first kappa shape index (κ1) is 21.9. The Kier molecular flexibility index (Phi) is 10.8. The van der Waals surface area contributed by atoms with E-state index in [1.54, 1.807) is 0 Å². The van der Waals surface area contributed by atoms with E-state index in [0.29, 0.717) is 0 Å². The third-order valence-corrected chi connectivity index (χ3v) is 4.48. The van der Waals surface area contributed by atoms with Gasteiger partial charge in [-0.2, -0.15) is 0 Å². The van der Waals surface area contributed by atoms with Crippen LogP contribution in [0.2, 0.25) is 0 Å². The van der Waals surface area contributed by atoms with E-state index in [1.807, 2.05) is 24.3 Å². The highest BCUT2D eigenvalue weighted by Crippen LogP contribution is 2.19. The minimum absolute atomic E-state index is 0.776. The van der Waals surface area contributed by atoms with Gasteiger partial charge in [-0.05, 0) is 37.1 Å². The van der Waals surface area contributed by atoms with Crippen molar-refractivity contribution >= 4 is 11.4 Å². The van der Waals surface area contributed by atoms with Crippen LogP contribution in [0.3, 0.4) is 0 Å². The Labute approximate surface area is 170 Å². The molecule has 0 bridgehead atoms. The number of rotatable bonds is 15. The van der Waals surface area contributed by atoms with Crippen molar-refractivity contribution in [1.82, 2.24) is 0 Å². The maximum atomic E-state index is 5.85. The van der Waals surface area contributed by atoms with Crippen LogP contribution >= 0.6 is 0 Å². The summed E-state index contributed by atoms with van der Waals surface area (Å²) >= 11 is 0. The minimum atomic E-state index is 0.776. The highest BCUT2D eigenvalue weighted by molar-refractivity contribution is 5.50. The SMILES string of the molecule is CCCCCCOc1cccc(NCCNc2cccc(OCCCC)c2)c1. The summed E-state index contributed by atoms with van der Waals surface area (Å²) in [5.74, 6) is 1.86. The highest BCUT2D eigenvalue weighted by atomic mass is 16.5. The van der Waals surface area contributed by atoms with Crippen molar-refractivity contribution in [3.8, 4) is 11.5 Å². The van der Waals surface area contributed by atoms with Gasteiger partial charge in [-0.25, -0.2) is 0 Å². The molecule has 2 N–H and O–H groups in total. The van der Waals surface area contributed by atoms with Crippen molar-refractivity contribution in [1.29, 1.82) is 0 Å². The van der Waals surface area contributed by atoms with Gasteiger partial charge in [0.1, 0.15) is 11.5 Å². The Balaban J connectivity index is 1.67. The normalized spacial score (nSPS) is 10.5. The molecule has 0 atom stereocenters. The first-order chi connectivity index (χ1) is 13.8. The molecule has 154 valence electrons. The highest BCUT2D eigenvalue weighted by Gasteiger charge is 1.99. The zero-order valence-electron chi connectivity index (χ0n) is 17.5. The first-order valence-corrected chi connectivity index (χ1v) is 10.7. The zero-order chi connectivity index (χ0) is 19.9. The Hall–Kier alpha value is -2.36. The van der Waals surface area contributed by atoms with Crippen LogP contribution in [0.5, 0.6) is 11.5 Å². The fourth-order valence-electron chi connectivity index (χ4n) is 2.86. The monoisotopic (exact) mass is 384 g/mol. The van der Waals surface area contributed by atoms with Crippen molar-refractivity contribution < 1.29 is 9.47 Å². The lowest BCUT2D eigenvalue weighted by atomic mass is 10.2. The van der Waals surface area contributed by atoms with E-state index >= 15 is 0 Å². The second kappa shape index (κ2) is 13.8. The smallest absolute Gasteiger partial charge is 0.121 e. The molecule has 0 radical (unpaired) electrons. The van der Waals surface area contributed by atoms with Crippen LogP contribution in [0.15, 0.2) is 48.5 Å². The molecule has 2 rings (SSSR count). The van der Waals surface area contributed by atoms with Crippen LogP contribution in [0.25, 0.3) is 0 Å². The van der Waals surface area contributed by atoms with Crippen LogP contribution < -0.4 is 20.1 Å². The lowest BCUT2D eigenvalue weighted by Gasteiger charge is -2.12. The quantitative estimate of drug-likeness (QED) is 0.351. The molecule has 0 aliphatic carbocycles. The van der Waals surface area contributed by atoms with Crippen LogP contribution in [-0.2, 0) is 0 Å². The van der Waals surface area contributed by atoms with Gasteiger partial charge in [-0.3, -0.25) is 0 Å². The molecule has 0 aromatic heterocycles. The number of nitrogens with one attached hydrogen (secondary N) is 2. The predicted octanol–water partition coefficient (Wildman–Crippen LogP) is 6.35. The fraction of sp³-hybridized carbons (Fsp3) is 0.500. The number of anilines is 2. The molecule has 2 aromatic carbocycles. The number of ether oxygens (including phenoxy) is 2. The Morgan fingerprint density at radius 3 is 1.71 bits per heavy atom. The predicted molar refractivity (Wildman–Crippen MR) is 120 cm³/mol.